The average Bonchev–Trinajstić information content (AvgIpc) is 3.01. The summed E-state index contributed by atoms with van der Waals surface area (Å²) in [6.45, 7) is 6.69. The molecule has 5 heteroatoms. The van der Waals surface area contributed by atoms with E-state index in [4.69, 9.17) is 4.74 Å². The Morgan fingerprint density at radius 2 is 2.06 bits per heavy atom. The Bertz CT molecular complexity index is 301. The molecule has 1 aliphatic carbocycles. The van der Waals surface area contributed by atoms with Crippen molar-refractivity contribution in [3.63, 3.8) is 0 Å². The number of hydrogen-bond donors (Lipinski definition) is 2. The summed E-state index contributed by atoms with van der Waals surface area (Å²) in [7, 11) is 1.68. The zero-order chi connectivity index (χ0) is 12.5. The highest BCUT2D eigenvalue weighted by Gasteiger charge is 2.57. The first-order valence-electron chi connectivity index (χ1n) is 6.53. The molecule has 1 heterocycles. The predicted molar refractivity (Wildman–Crippen MR) is 74.0 cm³/mol. The highest BCUT2D eigenvalue weighted by molar-refractivity contribution is 5.85. The second-order valence-corrected chi connectivity index (χ2v) is 6.05. The van der Waals surface area contributed by atoms with Crippen molar-refractivity contribution in [1.82, 2.24) is 10.6 Å². The zero-order valence-electron chi connectivity index (χ0n) is 11.5. The third-order valence-electron chi connectivity index (χ3n) is 4.35. The number of piperidine rings is 1. The van der Waals surface area contributed by atoms with Crippen LogP contribution in [-0.4, -0.2) is 38.3 Å². The van der Waals surface area contributed by atoms with Gasteiger partial charge >= 0.3 is 0 Å². The molecule has 18 heavy (non-hydrogen) atoms. The Hall–Kier alpha value is -0.320. The maximum atomic E-state index is 12.1. The maximum absolute atomic E-state index is 12.1. The van der Waals surface area contributed by atoms with Crippen LogP contribution < -0.4 is 10.6 Å². The molecule has 0 bridgehead atoms. The summed E-state index contributed by atoms with van der Waals surface area (Å²) < 4.78 is 5.30. The maximum Gasteiger partial charge on any atom is 0.223 e. The Kier molecular flexibility index (Phi) is 5.04. The molecule has 0 aromatic carbocycles. The van der Waals surface area contributed by atoms with Crippen LogP contribution in [0, 0.1) is 11.3 Å². The van der Waals surface area contributed by atoms with Gasteiger partial charge in [-0.05, 0) is 51.6 Å². The molecular weight excluding hydrogens is 252 g/mol. The molecule has 1 amide bonds. The zero-order valence-corrected chi connectivity index (χ0v) is 12.4. The standard InChI is InChI=1S/C13H24N2O2.ClH/c1-12(2,17-3)9-15-11(16)10-8-13(10)4-6-14-7-5-13;/h10,14H,4-9H2,1-3H3,(H,15,16);1H. The molecule has 1 saturated carbocycles. The highest BCUT2D eigenvalue weighted by Crippen LogP contribution is 2.58. The molecule has 1 spiro atoms. The van der Waals surface area contributed by atoms with E-state index in [2.05, 4.69) is 10.6 Å². The van der Waals surface area contributed by atoms with Crippen LogP contribution in [0.3, 0.4) is 0 Å². The Morgan fingerprint density at radius 3 is 2.61 bits per heavy atom. The lowest BCUT2D eigenvalue weighted by Gasteiger charge is -2.25. The van der Waals surface area contributed by atoms with Gasteiger partial charge in [-0.15, -0.1) is 12.4 Å². The predicted octanol–water partition coefficient (Wildman–Crippen LogP) is 1.34. The van der Waals surface area contributed by atoms with E-state index in [1.807, 2.05) is 13.8 Å². The molecule has 2 fully saturated rings. The normalized spacial score (nSPS) is 25.4. The van der Waals surface area contributed by atoms with Crippen molar-refractivity contribution in [2.24, 2.45) is 11.3 Å². The van der Waals surface area contributed by atoms with E-state index < -0.39 is 0 Å². The minimum Gasteiger partial charge on any atom is -0.377 e. The molecule has 2 rings (SSSR count). The largest absolute Gasteiger partial charge is 0.377 e. The molecule has 2 aliphatic rings. The van der Waals surface area contributed by atoms with Crippen LogP contribution in [0.5, 0.6) is 0 Å². The van der Waals surface area contributed by atoms with Crippen molar-refractivity contribution in [3.8, 4) is 0 Å². The number of ether oxygens (including phenoxy) is 1. The average molecular weight is 277 g/mol. The van der Waals surface area contributed by atoms with E-state index in [1.54, 1.807) is 7.11 Å². The van der Waals surface area contributed by atoms with E-state index in [-0.39, 0.29) is 29.8 Å². The first-order chi connectivity index (χ1) is 7.99. The lowest BCUT2D eigenvalue weighted by Crippen LogP contribution is -2.41. The monoisotopic (exact) mass is 276 g/mol. The van der Waals surface area contributed by atoms with Gasteiger partial charge < -0.3 is 15.4 Å². The summed E-state index contributed by atoms with van der Waals surface area (Å²) in [5.74, 6) is 0.467. The lowest BCUT2D eigenvalue weighted by atomic mass is 9.91. The van der Waals surface area contributed by atoms with Gasteiger partial charge in [0.25, 0.3) is 0 Å². The Balaban J connectivity index is 0.00000162. The number of carbonyl (C=O) groups is 1. The number of carbonyl (C=O) groups excluding carboxylic acids is 1. The molecule has 1 saturated heterocycles. The third kappa shape index (κ3) is 3.37. The molecule has 2 N–H and O–H groups in total. The first-order valence-corrected chi connectivity index (χ1v) is 6.53. The Morgan fingerprint density at radius 1 is 1.44 bits per heavy atom. The van der Waals surface area contributed by atoms with E-state index in [1.165, 1.54) is 0 Å². The molecule has 1 atom stereocenters. The fraction of sp³-hybridized carbons (Fsp3) is 0.923. The molecule has 0 aromatic heterocycles. The summed E-state index contributed by atoms with van der Waals surface area (Å²) >= 11 is 0. The molecule has 0 aromatic rings. The quantitative estimate of drug-likeness (QED) is 0.815. The van der Waals surface area contributed by atoms with E-state index in [0.29, 0.717) is 12.0 Å². The van der Waals surface area contributed by atoms with Crippen molar-refractivity contribution in [3.05, 3.63) is 0 Å². The minimum atomic E-state index is -0.272. The van der Waals surface area contributed by atoms with Crippen molar-refractivity contribution in [2.45, 2.75) is 38.7 Å². The van der Waals surface area contributed by atoms with Crippen LogP contribution in [0.2, 0.25) is 0 Å². The number of amides is 1. The number of rotatable bonds is 4. The highest BCUT2D eigenvalue weighted by atomic mass is 35.5. The molecule has 1 aliphatic heterocycles. The summed E-state index contributed by atoms with van der Waals surface area (Å²) in [4.78, 5) is 12.1. The number of methoxy groups -OCH3 is 1. The fourth-order valence-corrected chi connectivity index (χ4v) is 2.69. The minimum absolute atomic E-state index is 0. The second kappa shape index (κ2) is 5.76. The lowest BCUT2D eigenvalue weighted by molar-refractivity contribution is -0.124. The van der Waals surface area contributed by atoms with Gasteiger partial charge in [0.05, 0.1) is 5.60 Å². The van der Waals surface area contributed by atoms with Crippen LogP contribution in [0.4, 0.5) is 0 Å². The molecule has 4 nitrogen and oxygen atoms in total. The SMILES string of the molecule is COC(C)(C)CNC(=O)C1CC12CCNCC2.Cl. The second-order valence-electron chi connectivity index (χ2n) is 6.05. The van der Waals surface area contributed by atoms with Gasteiger partial charge in [0.1, 0.15) is 0 Å². The van der Waals surface area contributed by atoms with Crippen molar-refractivity contribution in [2.75, 3.05) is 26.7 Å². The smallest absolute Gasteiger partial charge is 0.223 e. The fourth-order valence-electron chi connectivity index (χ4n) is 2.69. The number of halogens is 1. The summed E-state index contributed by atoms with van der Waals surface area (Å²) in [6, 6.07) is 0. The first kappa shape index (κ1) is 15.7. The van der Waals surface area contributed by atoms with Crippen LogP contribution in [0.1, 0.15) is 33.1 Å². The van der Waals surface area contributed by atoms with Gasteiger partial charge in [0.15, 0.2) is 0 Å². The van der Waals surface area contributed by atoms with Crippen molar-refractivity contribution < 1.29 is 9.53 Å². The molecule has 1 unspecified atom stereocenters. The van der Waals surface area contributed by atoms with Gasteiger partial charge in [-0.1, -0.05) is 0 Å². The van der Waals surface area contributed by atoms with E-state index >= 15 is 0 Å². The van der Waals surface area contributed by atoms with Gasteiger partial charge in [0.2, 0.25) is 5.91 Å². The van der Waals surface area contributed by atoms with Crippen molar-refractivity contribution >= 4 is 18.3 Å². The Labute approximate surface area is 116 Å². The van der Waals surface area contributed by atoms with Crippen molar-refractivity contribution in [1.29, 1.82) is 0 Å². The van der Waals surface area contributed by atoms with Crippen LogP contribution in [0.25, 0.3) is 0 Å². The van der Waals surface area contributed by atoms with Gasteiger partial charge in [-0.2, -0.15) is 0 Å². The topological polar surface area (TPSA) is 50.4 Å². The summed E-state index contributed by atoms with van der Waals surface area (Å²) in [6.07, 6.45) is 3.38. The summed E-state index contributed by atoms with van der Waals surface area (Å²) in [5, 5.41) is 6.38. The van der Waals surface area contributed by atoms with E-state index in [9.17, 15) is 4.79 Å². The van der Waals surface area contributed by atoms with Gasteiger partial charge in [-0.3, -0.25) is 4.79 Å². The van der Waals surface area contributed by atoms with Gasteiger partial charge in [0, 0.05) is 19.6 Å². The number of hydrogen-bond acceptors (Lipinski definition) is 3. The molecule has 0 radical (unpaired) electrons. The molecular formula is C13H25ClN2O2. The summed E-state index contributed by atoms with van der Waals surface area (Å²) in [5.41, 5.74) is 0.0540. The van der Waals surface area contributed by atoms with Gasteiger partial charge in [-0.25, -0.2) is 0 Å². The third-order valence-corrected chi connectivity index (χ3v) is 4.35. The van der Waals surface area contributed by atoms with Crippen LogP contribution in [-0.2, 0) is 9.53 Å². The van der Waals surface area contributed by atoms with Crippen LogP contribution in [0.15, 0.2) is 0 Å². The molecule has 106 valence electrons. The van der Waals surface area contributed by atoms with Crippen LogP contribution >= 0.6 is 12.4 Å². The van der Waals surface area contributed by atoms with E-state index in [0.717, 1.165) is 32.4 Å². The number of nitrogens with one attached hydrogen (secondary N) is 2.